The highest BCUT2D eigenvalue weighted by Crippen LogP contribution is 2.47. The van der Waals surface area contributed by atoms with Crippen LogP contribution in [0.1, 0.15) is 34.1 Å². The number of methoxy groups -OCH3 is 1. The summed E-state index contributed by atoms with van der Waals surface area (Å²) in [7, 11) is 1.31. The lowest BCUT2D eigenvalue weighted by Crippen LogP contribution is -2.56. The number of carbonyl (C=O) groups is 2. The van der Waals surface area contributed by atoms with Crippen LogP contribution in [0.2, 0.25) is 0 Å². The summed E-state index contributed by atoms with van der Waals surface area (Å²) in [5.41, 5.74) is -0.408. The van der Waals surface area contributed by atoms with Gasteiger partial charge in [-0.25, -0.2) is 4.79 Å². The molecule has 6 heteroatoms. The fourth-order valence-electron chi connectivity index (χ4n) is 3.19. The summed E-state index contributed by atoms with van der Waals surface area (Å²) < 4.78 is 10.7. The van der Waals surface area contributed by atoms with Crippen molar-refractivity contribution in [3.05, 3.63) is 11.1 Å². The van der Waals surface area contributed by atoms with E-state index in [2.05, 4.69) is 0 Å². The highest BCUT2D eigenvalue weighted by Gasteiger charge is 2.64. The molecule has 6 nitrogen and oxygen atoms in total. The molecule has 2 atom stereocenters. The number of fused-ring (bicyclic) bond motifs is 1. The first-order valence-corrected chi connectivity index (χ1v) is 7.06. The monoisotopic (exact) mass is 297 g/mol. The largest absolute Gasteiger partial charge is 0.467 e. The van der Waals surface area contributed by atoms with E-state index in [9.17, 15) is 14.7 Å². The Hall–Kier alpha value is -1.40. The lowest BCUT2D eigenvalue weighted by Gasteiger charge is -2.37. The normalized spacial score (nSPS) is 29.1. The van der Waals surface area contributed by atoms with Gasteiger partial charge in [0.1, 0.15) is 6.23 Å². The van der Waals surface area contributed by atoms with Gasteiger partial charge in [-0.05, 0) is 12.5 Å². The minimum Gasteiger partial charge on any atom is -0.467 e. The molecule has 118 valence electrons. The number of ether oxygens (including phenoxy) is 2. The van der Waals surface area contributed by atoms with Crippen molar-refractivity contribution in [3.63, 3.8) is 0 Å². The van der Waals surface area contributed by atoms with Gasteiger partial charge in [0, 0.05) is 24.0 Å². The molecule has 2 heterocycles. The first kappa shape index (κ1) is 16.0. The van der Waals surface area contributed by atoms with Gasteiger partial charge in [0.05, 0.1) is 13.7 Å². The van der Waals surface area contributed by atoms with Gasteiger partial charge < -0.3 is 14.6 Å². The summed E-state index contributed by atoms with van der Waals surface area (Å²) in [4.78, 5) is 26.6. The summed E-state index contributed by atoms with van der Waals surface area (Å²) in [6.07, 6.45) is -0.271. The molecular formula is C15H23NO5. The molecule has 2 rings (SSSR count). The molecule has 0 aliphatic carbocycles. The number of rotatable bonds is 3. The summed E-state index contributed by atoms with van der Waals surface area (Å²) in [5, 5.41) is 9.18. The number of aliphatic hydroxyl groups excluding tert-OH is 1. The van der Waals surface area contributed by atoms with Crippen molar-refractivity contribution < 1.29 is 24.2 Å². The number of amides is 1. The lowest BCUT2D eigenvalue weighted by atomic mass is 9.89. The third-order valence-electron chi connectivity index (χ3n) is 4.27. The molecular weight excluding hydrogens is 274 g/mol. The number of nitrogens with zero attached hydrogens (tertiary/aromatic N) is 1. The molecule has 0 aromatic rings. The van der Waals surface area contributed by atoms with Gasteiger partial charge in [0.2, 0.25) is 0 Å². The van der Waals surface area contributed by atoms with Gasteiger partial charge in [-0.1, -0.05) is 20.8 Å². The average Bonchev–Trinajstić information content (AvgIpc) is 2.90. The van der Waals surface area contributed by atoms with Gasteiger partial charge in [0.25, 0.3) is 5.91 Å². The van der Waals surface area contributed by atoms with Crippen LogP contribution in [0.5, 0.6) is 0 Å². The fourth-order valence-corrected chi connectivity index (χ4v) is 3.19. The van der Waals surface area contributed by atoms with Gasteiger partial charge in [-0.2, -0.15) is 0 Å². The molecule has 0 spiro atoms. The van der Waals surface area contributed by atoms with Crippen LogP contribution >= 0.6 is 0 Å². The van der Waals surface area contributed by atoms with Crippen LogP contribution in [-0.2, 0) is 19.1 Å². The smallest absolute Gasteiger partial charge is 0.338 e. The maximum absolute atomic E-state index is 12.7. The van der Waals surface area contributed by atoms with Crippen LogP contribution < -0.4 is 0 Å². The summed E-state index contributed by atoms with van der Waals surface area (Å²) in [6.45, 7) is 7.57. The Balaban J connectivity index is 2.56. The van der Waals surface area contributed by atoms with Crippen molar-refractivity contribution in [2.75, 3.05) is 20.3 Å². The molecule has 0 saturated carbocycles. The molecule has 1 amide bonds. The van der Waals surface area contributed by atoms with Crippen molar-refractivity contribution in [1.82, 2.24) is 4.90 Å². The van der Waals surface area contributed by atoms with E-state index in [1.165, 1.54) is 12.0 Å². The van der Waals surface area contributed by atoms with Crippen LogP contribution in [0.25, 0.3) is 0 Å². The minimum atomic E-state index is -1.19. The minimum absolute atomic E-state index is 0.0914. The summed E-state index contributed by atoms with van der Waals surface area (Å²) >= 11 is 0. The second kappa shape index (κ2) is 5.10. The number of esters is 1. The molecule has 0 aromatic heterocycles. The Kier molecular flexibility index (Phi) is 3.88. The maximum Gasteiger partial charge on any atom is 0.338 e. The quantitative estimate of drug-likeness (QED) is 0.781. The van der Waals surface area contributed by atoms with Gasteiger partial charge in [-0.3, -0.25) is 9.69 Å². The van der Waals surface area contributed by atoms with E-state index in [0.29, 0.717) is 11.1 Å². The van der Waals surface area contributed by atoms with E-state index in [0.717, 1.165) is 0 Å². The summed E-state index contributed by atoms with van der Waals surface area (Å²) in [6, 6.07) is 0. The Labute approximate surface area is 124 Å². The average molecular weight is 297 g/mol. The van der Waals surface area contributed by atoms with Gasteiger partial charge in [-0.15, -0.1) is 0 Å². The first-order chi connectivity index (χ1) is 9.71. The topological polar surface area (TPSA) is 76.1 Å². The highest BCUT2D eigenvalue weighted by molar-refractivity contribution is 6.06. The zero-order valence-corrected chi connectivity index (χ0v) is 13.2. The first-order valence-electron chi connectivity index (χ1n) is 7.06. The summed E-state index contributed by atoms with van der Waals surface area (Å²) in [5.74, 6) is -0.739. The number of carbonyl (C=O) groups excluding carboxylic acids is 2. The molecule has 2 aliphatic heterocycles. The van der Waals surface area contributed by atoms with Gasteiger partial charge in [0.15, 0.2) is 5.54 Å². The lowest BCUT2D eigenvalue weighted by molar-refractivity contribution is -0.157. The van der Waals surface area contributed by atoms with E-state index in [4.69, 9.17) is 9.47 Å². The Morgan fingerprint density at radius 2 is 2.14 bits per heavy atom. The van der Waals surface area contributed by atoms with Crippen LogP contribution in [0, 0.1) is 5.41 Å². The molecule has 0 aromatic carbocycles. The van der Waals surface area contributed by atoms with Crippen LogP contribution in [-0.4, -0.2) is 54.0 Å². The Morgan fingerprint density at radius 3 is 2.62 bits per heavy atom. The molecule has 2 aliphatic rings. The zero-order chi connectivity index (χ0) is 16.0. The van der Waals surface area contributed by atoms with Gasteiger partial charge >= 0.3 is 5.97 Å². The van der Waals surface area contributed by atoms with Crippen molar-refractivity contribution in [2.45, 2.75) is 45.9 Å². The van der Waals surface area contributed by atoms with E-state index in [-0.39, 0.29) is 31.0 Å². The van der Waals surface area contributed by atoms with E-state index in [1.807, 2.05) is 20.8 Å². The standard InChI is InChI=1S/C15H23NO5/c1-9-10(6-7-17)11(18)16-12(14(2,3)4)21-8-15(9,16)13(19)20-5/h12,17H,6-8H2,1-5H3/t12-,15-/m0/s1. The third-order valence-corrected chi connectivity index (χ3v) is 4.27. The van der Waals surface area contributed by atoms with Crippen LogP contribution in [0.4, 0.5) is 0 Å². The molecule has 0 bridgehead atoms. The predicted octanol–water partition coefficient (Wildman–Crippen LogP) is 0.842. The molecule has 1 fully saturated rings. The fraction of sp³-hybridized carbons (Fsp3) is 0.733. The van der Waals surface area contributed by atoms with Crippen molar-refractivity contribution >= 4 is 11.9 Å². The molecule has 0 unspecified atom stereocenters. The highest BCUT2D eigenvalue weighted by atomic mass is 16.6. The van der Waals surface area contributed by atoms with E-state index >= 15 is 0 Å². The van der Waals surface area contributed by atoms with E-state index in [1.54, 1.807) is 6.92 Å². The Bertz CT molecular complexity index is 505. The molecule has 1 N–H and O–H groups in total. The van der Waals surface area contributed by atoms with Crippen LogP contribution in [0.3, 0.4) is 0 Å². The maximum atomic E-state index is 12.7. The van der Waals surface area contributed by atoms with Crippen molar-refractivity contribution in [3.8, 4) is 0 Å². The number of hydrogen-bond acceptors (Lipinski definition) is 5. The number of hydrogen-bond donors (Lipinski definition) is 1. The zero-order valence-electron chi connectivity index (χ0n) is 13.2. The Morgan fingerprint density at radius 1 is 1.52 bits per heavy atom. The van der Waals surface area contributed by atoms with Crippen molar-refractivity contribution in [2.24, 2.45) is 5.41 Å². The molecule has 21 heavy (non-hydrogen) atoms. The number of aliphatic hydroxyl groups is 1. The van der Waals surface area contributed by atoms with Crippen molar-refractivity contribution in [1.29, 1.82) is 0 Å². The SMILES string of the molecule is COC(=O)[C@@]12CO[C@@H](C(C)(C)C)N1C(=O)C(CCO)=C2C. The second-order valence-corrected chi connectivity index (χ2v) is 6.63. The molecule has 1 saturated heterocycles. The predicted molar refractivity (Wildman–Crippen MR) is 75.2 cm³/mol. The molecule has 0 radical (unpaired) electrons. The second-order valence-electron chi connectivity index (χ2n) is 6.63. The van der Waals surface area contributed by atoms with Crippen LogP contribution in [0.15, 0.2) is 11.1 Å². The third kappa shape index (κ3) is 2.08. The van der Waals surface area contributed by atoms with E-state index < -0.39 is 17.7 Å².